The molecule has 0 fully saturated rings. The molecule has 1 aliphatic carbocycles. The summed E-state index contributed by atoms with van der Waals surface area (Å²) >= 11 is 0. The first-order valence-corrected chi connectivity index (χ1v) is 8.65. The zero-order valence-electron chi connectivity index (χ0n) is 13.1. The van der Waals surface area contributed by atoms with Crippen molar-refractivity contribution in [3.63, 3.8) is 0 Å². The molecule has 1 aromatic rings. The van der Waals surface area contributed by atoms with Gasteiger partial charge in [0.2, 0.25) is 0 Å². The van der Waals surface area contributed by atoms with E-state index in [-0.39, 0.29) is 42.6 Å². The van der Waals surface area contributed by atoms with Crippen LogP contribution in [0.1, 0.15) is 29.1 Å². The Morgan fingerprint density at radius 3 is 1.78 bits per heavy atom. The van der Waals surface area contributed by atoms with Gasteiger partial charge in [0.05, 0.1) is 0 Å². The average molecular weight is 374 g/mol. The minimum absolute atomic E-state index is 0. The van der Waals surface area contributed by atoms with Crippen molar-refractivity contribution in [3.8, 4) is 0 Å². The van der Waals surface area contributed by atoms with Crippen molar-refractivity contribution in [2.45, 2.75) is 6.92 Å². The first kappa shape index (κ1) is 22.6. The first-order chi connectivity index (χ1) is 9.91. The molecule has 2 rings (SSSR count). The van der Waals surface area contributed by atoms with E-state index in [0.29, 0.717) is 16.7 Å². The van der Waals surface area contributed by atoms with Gasteiger partial charge in [-0.2, -0.15) is 4.31 Å². The fourth-order valence-corrected chi connectivity index (χ4v) is 2.70. The summed E-state index contributed by atoms with van der Waals surface area (Å²) in [6, 6.07) is 6.89. The van der Waals surface area contributed by atoms with Crippen LogP contribution in [0.3, 0.4) is 0 Å². The minimum atomic E-state index is -5.05. The normalized spacial score (nSPS) is 14.0. The fraction of sp³-hybridized carbons (Fsp3) is 0.0909. The van der Waals surface area contributed by atoms with Gasteiger partial charge in [0.25, 0.3) is 0 Å². The van der Waals surface area contributed by atoms with E-state index in [2.05, 4.69) is 4.31 Å². The number of hydrogen-bond donors (Lipinski definition) is 4. The molecule has 0 unspecified atom stereocenters. The van der Waals surface area contributed by atoms with E-state index in [1.54, 1.807) is 31.2 Å². The minimum Gasteiger partial charge on any atom is -1.00 e. The van der Waals surface area contributed by atoms with Gasteiger partial charge in [-0.05, 0) is 13.0 Å². The predicted octanol–water partition coefficient (Wildman–Crippen LogP) is -1.68. The van der Waals surface area contributed by atoms with Gasteiger partial charge in [-0.3, -0.25) is 9.59 Å². The van der Waals surface area contributed by atoms with Crippen LogP contribution >= 0.6 is 15.6 Å². The first-order valence-electron chi connectivity index (χ1n) is 5.59. The number of ketones is 2. The standard InChI is InChI=1S/C11H8O2.Na.H4O7P2.H/c1-7-6-10(12)8-4-2-3-5-9(8)11(7)13;;1-8(2,3)7-9(4,5)6;/h2-6H,1H3;;(H2,1,2,3)(H2,4,5,6);/q;+1;;-1. The Morgan fingerprint density at radius 1 is 0.957 bits per heavy atom. The number of hydrogen-bond acceptors (Lipinski definition) is 5. The van der Waals surface area contributed by atoms with E-state index < -0.39 is 15.6 Å². The maximum Gasteiger partial charge on any atom is 1.00 e. The summed E-state index contributed by atoms with van der Waals surface area (Å²) in [6.45, 7) is 1.66. The predicted molar refractivity (Wildman–Crippen MR) is 75.1 cm³/mol. The van der Waals surface area contributed by atoms with E-state index in [1.807, 2.05) is 0 Å². The SMILES string of the molecule is CC1=CC(=O)c2ccccc2C1=O.O=P(O)(O)OP(=O)(O)O.[H-].[Na+]. The van der Waals surface area contributed by atoms with E-state index in [4.69, 9.17) is 19.6 Å². The van der Waals surface area contributed by atoms with Crippen molar-refractivity contribution in [1.82, 2.24) is 0 Å². The van der Waals surface area contributed by atoms with Crippen molar-refractivity contribution < 1.29 is 73.6 Å². The van der Waals surface area contributed by atoms with Crippen LogP contribution in [0.2, 0.25) is 0 Å². The Balaban J connectivity index is 0. The molecule has 1 aliphatic rings. The molecule has 0 saturated carbocycles. The second kappa shape index (κ2) is 8.60. The number of fused-ring (bicyclic) bond motifs is 1. The molecule has 0 saturated heterocycles. The molecular formula is C11H13NaO9P2. The Morgan fingerprint density at radius 2 is 1.39 bits per heavy atom. The molecule has 0 aliphatic heterocycles. The third-order valence-corrected chi connectivity index (χ3v) is 4.06. The fourth-order valence-electron chi connectivity index (χ4n) is 1.59. The average Bonchev–Trinajstić information content (AvgIpc) is 2.32. The van der Waals surface area contributed by atoms with Gasteiger partial charge >= 0.3 is 45.2 Å². The molecule has 1 aromatic carbocycles. The summed E-state index contributed by atoms with van der Waals surface area (Å²) < 4.78 is 22.2. The summed E-state index contributed by atoms with van der Waals surface area (Å²) in [6.07, 6.45) is 1.39. The van der Waals surface area contributed by atoms with Crippen molar-refractivity contribution in [2.24, 2.45) is 0 Å². The summed E-state index contributed by atoms with van der Waals surface area (Å²) in [4.78, 5) is 54.0. The van der Waals surface area contributed by atoms with Gasteiger partial charge in [-0.1, -0.05) is 24.3 Å². The van der Waals surface area contributed by atoms with Gasteiger partial charge in [0.1, 0.15) is 0 Å². The van der Waals surface area contributed by atoms with Gasteiger partial charge < -0.3 is 21.0 Å². The number of Topliss-reactive ketones (excluding diaryl/α,β-unsaturated/α-hetero) is 1. The molecule has 0 aromatic heterocycles. The maximum absolute atomic E-state index is 11.5. The van der Waals surface area contributed by atoms with E-state index in [1.165, 1.54) is 6.08 Å². The molecule has 0 radical (unpaired) electrons. The van der Waals surface area contributed by atoms with Gasteiger partial charge in [0.15, 0.2) is 11.6 Å². The molecule has 0 bridgehead atoms. The van der Waals surface area contributed by atoms with E-state index in [9.17, 15) is 18.7 Å². The van der Waals surface area contributed by atoms with Crippen LogP contribution in [0.5, 0.6) is 0 Å². The monoisotopic (exact) mass is 374 g/mol. The number of benzene rings is 1. The molecule has 0 spiro atoms. The molecule has 0 atom stereocenters. The largest absolute Gasteiger partial charge is 1.00 e. The zero-order valence-corrected chi connectivity index (χ0v) is 15.9. The van der Waals surface area contributed by atoms with Crippen molar-refractivity contribution in [2.75, 3.05) is 0 Å². The maximum atomic E-state index is 11.5. The quantitative estimate of drug-likeness (QED) is 0.350. The molecular weight excluding hydrogens is 361 g/mol. The van der Waals surface area contributed by atoms with Crippen LogP contribution in [-0.4, -0.2) is 31.1 Å². The second-order valence-electron chi connectivity index (χ2n) is 4.13. The van der Waals surface area contributed by atoms with Crippen molar-refractivity contribution >= 4 is 27.2 Å². The van der Waals surface area contributed by atoms with Crippen molar-refractivity contribution in [1.29, 1.82) is 0 Å². The number of rotatable bonds is 2. The molecule has 9 nitrogen and oxygen atoms in total. The Labute approximate surface area is 154 Å². The van der Waals surface area contributed by atoms with Crippen LogP contribution in [0.25, 0.3) is 0 Å². The van der Waals surface area contributed by atoms with Crippen LogP contribution in [0.15, 0.2) is 35.9 Å². The Bertz CT molecular complexity index is 717. The van der Waals surface area contributed by atoms with Gasteiger partial charge in [-0.15, -0.1) is 0 Å². The van der Waals surface area contributed by atoms with Crippen LogP contribution in [-0.2, 0) is 13.4 Å². The molecule has 0 amide bonds. The number of carbonyl (C=O) groups is 2. The summed E-state index contributed by atoms with van der Waals surface area (Å²) in [5.74, 6) is -0.122. The van der Waals surface area contributed by atoms with Crippen LogP contribution in [0.4, 0.5) is 0 Å². The zero-order chi connectivity index (χ0) is 17.1. The van der Waals surface area contributed by atoms with E-state index in [0.717, 1.165) is 0 Å². The molecule has 122 valence electrons. The van der Waals surface area contributed by atoms with Crippen LogP contribution < -0.4 is 29.6 Å². The summed E-state index contributed by atoms with van der Waals surface area (Å²) in [5.41, 5.74) is 1.55. The molecule has 23 heavy (non-hydrogen) atoms. The molecule has 4 N–H and O–H groups in total. The smallest absolute Gasteiger partial charge is 1.00 e. The Hall–Kier alpha value is -0.440. The van der Waals surface area contributed by atoms with Gasteiger partial charge in [0, 0.05) is 16.7 Å². The third kappa shape index (κ3) is 7.78. The molecule has 0 heterocycles. The van der Waals surface area contributed by atoms with Crippen molar-refractivity contribution in [3.05, 3.63) is 47.0 Å². The number of phosphoric acid groups is 2. The second-order valence-corrected chi connectivity index (χ2v) is 6.74. The van der Waals surface area contributed by atoms with E-state index >= 15 is 0 Å². The molecule has 12 heteroatoms. The topological polar surface area (TPSA) is 158 Å². The Kier molecular flexibility index (Phi) is 8.43. The summed E-state index contributed by atoms with van der Waals surface area (Å²) in [5, 5.41) is 0. The number of allylic oxidation sites excluding steroid dienone is 2. The van der Waals surface area contributed by atoms with Crippen LogP contribution in [0, 0.1) is 0 Å². The third-order valence-electron chi connectivity index (χ3n) is 2.36. The number of carbonyl (C=O) groups excluding carboxylic acids is 2. The van der Waals surface area contributed by atoms with Gasteiger partial charge in [-0.25, -0.2) is 9.13 Å². The summed E-state index contributed by atoms with van der Waals surface area (Å²) in [7, 11) is -10.1.